The van der Waals surface area contributed by atoms with Crippen molar-refractivity contribution in [3.63, 3.8) is 0 Å². The minimum Gasteiger partial charge on any atom is -0.493 e. The molecule has 2 heterocycles. The fourth-order valence-corrected chi connectivity index (χ4v) is 3.30. The van der Waals surface area contributed by atoms with E-state index < -0.39 is 11.8 Å². The van der Waals surface area contributed by atoms with Gasteiger partial charge in [-0.1, -0.05) is 17.8 Å². The van der Waals surface area contributed by atoms with Crippen LogP contribution in [-0.2, 0) is 4.79 Å². The Bertz CT molecular complexity index is 940. The van der Waals surface area contributed by atoms with Gasteiger partial charge in [0.15, 0.2) is 11.5 Å². The molecule has 0 saturated carbocycles. The summed E-state index contributed by atoms with van der Waals surface area (Å²) in [4.78, 5) is 24.2. The second-order valence-corrected chi connectivity index (χ2v) is 6.96. The Morgan fingerprint density at radius 3 is 2.70 bits per heavy atom. The Morgan fingerprint density at radius 1 is 1.19 bits per heavy atom. The molecule has 2 amide bonds. The highest BCUT2D eigenvalue weighted by Crippen LogP contribution is 2.32. The third-order valence-electron chi connectivity index (χ3n) is 3.36. The molecule has 140 valence electrons. The second kappa shape index (κ2) is 8.69. The van der Waals surface area contributed by atoms with Crippen LogP contribution in [0.1, 0.15) is 9.67 Å². The van der Waals surface area contributed by atoms with Gasteiger partial charge in [-0.05, 0) is 29.6 Å². The Balaban J connectivity index is 1.59. The number of amides is 2. The quantitative estimate of drug-likeness (QED) is 0.599. The van der Waals surface area contributed by atoms with Gasteiger partial charge in [0.1, 0.15) is 0 Å². The van der Waals surface area contributed by atoms with Crippen LogP contribution in [0.15, 0.2) is 45.4 Å². The maximum Gasteiger partial charge on any atom is 0.277 e. The number of carbonyl (C=O) groups excluding carboxylic acids is 2. The zero-order chi connectivity index (χ0) is 19.2. The SMILES string of the molecule is COc1ccc(-c2nnc(SCC(=O)NC(=O)c3cccs3)o2)cc1OC. The Labute approximate surface area is 162 Å². The summed E-state index contributed by atoms with van der Waals surface area (Å²) in [6.45, 7) is 0. The van der Waals surface area contributed by atoms with E-state index in [-0.39, 0.29) is 16.9 Å². The van der Waals surface area contributed by atoms with Gasteiger partial charge in [0.2, 0.25) is 11.8 Å². The average Bonchev–Trinajstić information content (AvgIpc) is 3.37. The molecule has 1 aromatic carbocycles. The normalized spacial score (nSPS) is 10.4. The summed E-state index contributed by atoms with van der Waals surface area (Å²) in [6.07, 6.45) is 0. The van der Waals surface area contributed by atoms with E-state index in [2.05, 4.69) is 15.5 Å². The zero-order valence-corrected chi connectivity index (χ0v) is 16.1. The molecule has 0 aliphatic rings. The molecule has 0 radical (unpaired) electrons. The molecule has 2 aromatic heterocycles. The number of ether oxygens (including phenoxy) is 2. The van der Waals surface area contributed by atoms with Crippen molar-refractivity contribution in [2.24, 2.45) is 0 Å². The molecule has 0 aliphatic carbocycles. The van der Waals surface area contributed by atoms with Gasteiger partial charge in [-0.25, -0.2) is 0 Å². The summed E-state index contributed by atoms with van der Waals surface area (Å²) in [5, 5.41) is 12.2. The number of thioether (sulfide) groups is 1. The van der Waals surface area contributed by atoms with Gasteiger partial charge in [0, 0.05) is 5.56 Å². The summed E-state index contributed by atoms with van der Waals surface area (Å²) in [5.41, 5.74) is 0.657. The number of carbonyl (C=O) groups is 2. The number of hydrogen-bond acceptors (Lipinski definition) is 9. The van der Waals surface area contributed by atoms with E-state index in [1.54, 1.807) is 42.8 Å². The molecule has 3 aromatic rings. The lowest BCUT2D eigenvalue weighted by atomic mass is 10.2. The Kier molecular flexibility index (Phi) is 6.09. The first kappa shape index (κ1) is 18.9. The van der Waals surface area contributed by atoms with Crippen LogP contribution >= 0.6 is 23.1 Å². The highest BCUT2D eigenvalue weighted by atomic mass is 32.2. The maximum atomic E-state index is 11.9. The van der Waals surface area contributed by atoms with Crippen LogP contribution < -0.4 is 14.8 Å². The molecule has 0 spiro atoms. The molecule has 0 fully saturated rings. The number of thiophene rings is 1. The summed E-state index contributed by atoms with van der Waals surface area (Å²) in [5.74, 6) is 0.520. The van der Waals surface area contributed by atoms with Crippen LogP contribution in [-0.4, -0.2) is 42.0 Å². The topological polar surface area (TPSA) is 104 Å². The molecule has 0 saturated heterocycles. The first-order valence-corrected chi connectivity index (χ1v) is 9.53. The van der Waals surface area contributed by atoms with E-state index in [1.807, 2.05) is 0 Å². The van der Waals surface area contributed by atoms with Gasteiger partial charge in [-0.15, -0.1) is 21.5 Å². The number of methoxy groups -OCH3 is 2. The van der Waals surface area contributed by atoms with Crippen molar-refractivity contribution < 1.29 is 23.5 Å². The van der Waals surface area contributed by atoms with E-state index in [9.17, 15) is 9.59 Å². The van der Waals surface area contributed by atoms with Crippen LogP contribution in [0.2, 0.25) is 0 Å². The number of rotatable bonds is 7. The molecule has 8 nitrogen and oxygen atoms in total. The lowest BCUT2D eigenvalue weighted by Crippen LogP contribution is -2.31. The number of aromatic nitrogens is 2. The van der Waals surface area contributed by atoms with E-state index in [1.165, 1.54) is 18.4 Å². The Morgan fingerprint density at radius 2 is 2.00 bits per heavy atom. The van der Waals surface area contributed by atoms with Crippen LogP contribution in [0.4, 0.5) is 0 Å². The number of nitrogens with zero attached hydrogens (tertiary/aromatic N) is 2. The zero-order valence-electron chi connectivity index (χ0n) is 14.4. The third-order valence-corrected chi connectivity index (χ3v) is 5.05. The van der Waals surface area contributed by atoms with Crippen molar-refractivity contribution >= 4 is 34.9 Å². The van der Waals surface area contributed by atoms with Gasteiger partial charge < -0.3 is 13.9 Å². The Hall–Kier alpha value is -2.85. The second-order valence-electron chi connectivity index (χ2n) is 5.09. The number of benzene rings is 1. The minimum absolute atomic E-state index is 0.0231. The molecule has 10 heteroatoms. The van der Waals surface area contributed by atoms with Crippen molar-refractivity contribution in [1.82, 2.24) is 15.5 Å². The molecule has 3 rings (SSSR count). The van der Waals surface area contributed by atoms with Crippen LogP contribution in [0, 0.1) is 0 Å². The summed E-state index contributed by atoms with van der Waals surface area (Å²) < 4.78 is 16.0. The minimum atomic E-state index is -0.440. The summed E-state index contributed by atoms with van der Waals surface area (Å²) in [7, 11) is 3.08. The van der Waals surface area contributed by atoms with Gasteiger partial charge in [0.05, 0.1) is 24.8 Å². The summed E-state index contributed by atoms with van der Waals surface area (Å²) >= 11 is 2.31. The first-order chi connectivity index (χ1) is 13.1. The van der Waals surface area contributed by atoms with E-state index in [0.717, 1.165) is 11.8 Å². The highest BCUT2D eigenvalue weighted by molar-refractivity contribution is 7.99. The van der Waals surface area contributed by atoms with Gasteiger partial charge in [-0.2, -0.15) is 0 Å². The first-order valence-electron chi connectivity index (χ1n) is 7.67. The predicted octanol–water partition coefficient (Wildman–Crippen LogP) is 2.86. The van der Waals surface area contributed by atoms with E-state index in [0.29, 0.717) is 21.9 Å². The van der Waals surface area contributed by atoms with Gasteiger partial charge in [-0.3, -0.25) is 14.9 Å². The number of hydrogen-bond donors (Lipinski definition) is 1. The van der Waals surface area contributed by atoms with Crippen molar-refractivity contribution in [2.75, 3.05) is 20.0 Å². The fourth-order valence-electron chi connectivity index (χ4n) is 2.11. The monoisotopic (exact) mass is 405 g/mol. The average molecular weight is 405 g/mol. The van der Waals surface area contributed by atoms with Crippen molar-refractivity contribution in [3.05, 3.63) is 40.6 Å². The summed E-state index contributed by atoms with van der Waals surface area (Å²) in [6, 6.07) is 8.60. The standard InChI is InChI=1S/C17H15N3O5S2/c1-23-11-6-5-10(8-12(11)24-2)16-19-20-17(25-16)27-9-14(21)18-15(22)13-4-3-7-26-13/h3-8H,9H2,1-2H3,(H,18,21,22). The van der Waals surface area contributed by atoms with Crippen molar-refractivity contribution in [1.29, 1.82) is 0 Å². The van der Waals surface area contributed by atoms with Crippen LogP contribution in [0.5, 0.6) is 11.5 Å². The molecule has 0 unspecified atom stereocenters. The highest BCUT2D eigenvalue weighted by Gasteiger charge is 2.15. The van der Waals surface area contributed by atoms with Crippen molar-refractivity contribution in [3.8, 4) is 23.0 Å². The van der Waals surface area contributed by atoms with Gasteiger partial charge >= 0.3 is 0 Å². The molecule has 0 aliphatic heterocycles. The smallest absolute Gasteiger partial charge is 0.277 e. The van der Waals surface area contributed by atoms with Crippen molar-refractivity contribution in [2.45, 2.75) is 5.22 Å². The lowest BCUT2D eigenvalue weighted by Gasteiger charge is -2.07. The number of nitrogens with one attached hydrogen (secondary N) is 1. The molecular formula is C17H15N3O5S2. The molecule has 1 N–H and O–H groups in total. The fraction of sp³-hybridized carbons (Fsp3) is 0.176. The molecule has 27 heavy (non-hydrogen) atoms. The molecule has 0 bridgehead atoms. The van der Waals surface area contributed by atoms with E-state index >= 15 is 0 Å². The number of imide groups is 1. The predicted molar refractivity (Wildman–Crippen MR) is 100 cm³/mol. The largest absolute Gasteiger partial charge is 0.493 e. The maximum absolute atomic E-state index is 11.9. The molecule has 0 atom stereocenters. The third kappa shape index (κ3) is 4.66. The van der Waals surface area contributed by atoms with Gasteiger partial charge in [0.25, 0.3) is 11.1 Å². The molecular weight excluding hydrogens is 390 g/mol. The van der Waals surface area contributed by atoms with Crippen LogP contribution in [0.25, 0.3) is 11.5 Å². The lowest BCUT2D eigenvalue weighted by molar-refractivity contribution is -0.117. The van der Waals surface area contributed by atoms with E-state index in [4.69, 9.17) is 13.9 Å². The van der Waals surface area contributed by atoms with Crippen LogP contribution in [0.3, 0.4) is 0 Å².